The second-order valence-corrected chi connectivity index (χ2v) is 5.69. The van der Waals surface area contributed by atoms with Crippen LogP contribution in [0, 0.1) is 0 Å². The third kappa shape index (κ3) is 10.4. The third-order valence-corrected chi connectivity index (χ3v) is 3.68. The highest BCUT2D eigenvalue weighted by atomic mass is 32.2. The van der Waals surface area contributed by atoms with Crippen LogP contribution in [0.25, 0.3) is 0 Å². The summed E-state index contributed by atoms with van der Waals surface area (Å²) in [6, 6.07) is 0. The van der Waals surface area contributed by atoms with Crippen LogP contribution >= 0.6 is 0 Å². The molecule has 0 fully saturated rings. The van der Waals surface area contributed by atoms with E-state index in [0.717, 1.165) is 25.7 Å². The van der Waals surface area contributed by atoms with Gasteiger partial charge < -0.3 is 10.5 Å². The van der Waals surface area contributed by atoms with Crippen LogP contribution in [-0.2, 0) is 14.8 Å². The maximum Gasteiger partial charge on any atom is 0.211 e. The number of sulfonamides is 1. The fourth-order valence-corrected chi connectivity index (χ4v) is 2.41. The summed E-state index contributed by atoms with van der Waals surface area (Å²) in [5.41, 5.74) is 5.36. The Morgan fingerprint density at radius 1 is 1.12 bits per heavy atom. The van der Waals surface area contributed by atoms with Crippen molar-refractivity contribution in [1.29, 1.82) is 0 Å². The van der Waals surface area contributed by atoms with Gasteiger partial charge in [-0.3, -0.25) is 0 Å². The van der Waals surface area contributed by atoms with Gasteiger partial charge in [-0.25, -0.2) is 13.1 Å². The Balaban J connectivity index is 3.43. The molecule has 0 aromatic carbocycles. The Morgan fingerprint density at radius 3 is 2.44 bits per heavy atom. The minimum atomic E-state index is -3.10. The monoisotopic (exact) mass is 252 g/mol. The van der Waals surface area contributed by atoms with Crippen molar-refractivity contribution in [2.24, 2.45) is 5.73 Å². The van der Waals surface area contributed by atoms with Crippen LogP contribution in [-0.4, -0.2) is 41.0 Å². The summed E-state index contributed by atoms with van der Waals surface area (Å²) in [6.45, 7) is 1.72. The van der Waals surface area contributed by atoms with E-state index in [1.807, 2.05) is 0 Å². The lowest BCUT2D eigenvalue weighted by atomic mass is 10.2. The van der Waals surface area contributed by atoms with E-state index in [-0.39, 0.29) is 5.75 Å². The Bertz CT molecular complexity index is 242. The maximum absolute atomic E-state index is 11.4. The predicted octanol–water partition coefficient (Wildman–Crippen LogP) is 0.461. The van der Waals surface area contributed by atoms with Crippen LogP contribution in [0.15, 0.2) is 0 Å². The van der Waals surface area contributed by atoms with Crippen molar-refractivity contribution in [2.75, 3.05) is 32.6 Å². The molecular weight excluding hydrogens is 228 g/mol. The molecule has 0 aliphatic rings. The number of rotatable bonds is 11. The second kappa shape index (κ2) is 10.0. The molecule has 0 radical (unpaired) electrons. The lowest BCUT2D eigenvalue weighted by Crippen LogP contribution is -2.27. The molecule has 0 amide bonds. The van der Waals surface area contributed by atoms with E-state index in [1.165, 1.54) is 0 Å². The summed E-state index contributed by atoms with van der Waals surface area (Å²) in [6.07, 6.45) is 4.53. The largest absolute Gasteiger partial charge is 0.385 e. The number of ether oxygens (including phenoxy) is 1. The highest BCUT2D eigenvalue weighted by Gasteiger charge is 2.08. The molecule has 0 atom stereocenters. The van der Waals surface area contributed by atoms with Gasteiger partial charge in [-0.2, -0.15) is 0 Å². The van der Waals surface area contributed by atoms with Gasteiger partial charge in [0, 0.05) is 20.3 Å². The zero-order valence-corrected chi connectivity index (χ0v) is 10.9. The summed E-state index contributed by atoms with van der Waals surface area (Å²) in [7, 11) is -1.53. The number of hydrogen-bond donors (Lipinski definition) is 2. The second-order valence-electron chi connectivity index (χ2n) is 3.76. The topological polar surface area (TPSA) is 81.4 Å². The molecule has 0 aliphatic heterocycles. The lowest BCUT2D eigenvalue weighted by molar-refractivity contribution is 0.199. The third-order valence-electron chi connectivity index (χ3n) is 2.21. The van der Waals surface area contributed by atoms with E-state index in [9.17, 15) is 8.42 Å². The van der Waals surface area contributed by atoms with Crippen LogP contribution in [0.3, 0.4) is 0 Å². The first-order valence-corrected chi connectivity index (χ1v) is 7.44. The first kappa shape index (κ1) is 15.8. The number of hydrogen-bond acceptors (Lipinski definition) is 4. The van der Waals surface area contributed by atoms with Crippen molar-refractivity contribution in [3.63, 3.8) is 0 Å². The quantitative estimate of drug-likeness (QED) is 0.523. The van der Waals surface area contributed by atoms with Gasteiger partial charge in [0.15, 0.2) is 0 Å². The van der Waals surface area contributed by atoms with Gasteiger partial charge in [0.05, 0.1) is 5.75 Å². The summed E-state index contributed by atoms with van der Waals surface area (Å²) in [5, 5.41) is 0. The smallest absolute Gasteiger partial charge is 0.211 e. The minimum absolute atomic E-state index is 0.143. The summed E-state index contributed by atoms with van der Waals surface area (Å²) >= 11 is 0. The van der Waals surface area contributed by atoms with Crippen LogP contribution in [0.4, 0.5) is 0 Å². The average molecular weight is 252 g/mol. The molecule has 0 saturated carbocycles. The molecule has 0 unspecified atom stereocenters. The van der Waals surface area contributed by atoms with E-state index in [1.54, 1.807) is 7.11 Å². The van der Waals surface area contributed by atoms with E-state index in [0.29, 0.717) is 26.1 Å². The van der Waals surface area contributed by atoms with Gasteiger partial charge in [0.25, 0.3) is 0 Å². The average Bonchev–Trinajstić information content (AvgIpc) is 2.23. The number of nitrogens with one attached hydrogen (secondary N) is 1. The Labute approximate surface area is 98.8 Å². The van der Waals surface area contributed by atoms with Gasteiger partial charge in [-0.05, 0) is 25.8 Å². The Kier molecular flexibility index (Phi) is 9.91. The van der Waals surface area contributed by atoms with Gasteiger partial charge in [-0.1, -0.05) is 12.8 Å². The number of methoxy groups -OCH3 is 1. The molecule has 98 valence electrons. The molecule has 0 heterocycles. The van der Waals surface area contributed by atoms with Crippen molar-refractivity contribution >= 4 is 10.0 Å². The molecule has 0 spiro atoms. The molecule has 5 nitrogen and oxygen atoms in total. The molecule has 0 saturated heterocycles. The molecule has 0 bridgehead atoms. The predicted molar refractivity (Wildman–Crippen MR) is 65.8 cm³/mol. The summed E-state index contributed by atoms with van der Waals surface area (Å²) in [5.74, 6) is 0.143. The lowest BCUT2D eigenvalue weighted by Gasteiger charge is -2.06. The molecule has 16 heavy (non-hydrogen) atoms. The zero-order chi connectivity index (χ0) is 12.3. The van der Waals surface area contributed by atoms with Crippen LogP contribution in [0.5, 0.6) is 0 Å². The normalized spacial score (nSPS) is 11.9. The minimum Gasteiger partial charge on any atom is -0.385 e. The molecule has 6 heteroatoms. The van der Waals surface area contributed by atoms with Crippen molar-refractivity contribution in [3.05, 3.63) is 0 Å². The molecule has 0 rings (SSSR count). The van der Waals surface area contributed by atoms with E-state index >= 15 is 0 Å². The highest BCUT2D eigenvalue weighted by Crippen LogP contribution is 1.98. The fraction of sp³-hybridized carbons (Fsp3) is 1.00. The molecule has 3 N–H and O–H groups in total. The van der Waals surface area contributed by atoms with E-state index < -0.39 is 10.0 Å². The molecular formula is C10H24N2O3S. The maximum atomic E-state index is 11.4. The van der Waals surface area contributed by atoms with Crippen LogP contribution in [0.2, 0.25) is 0 Å². The van der Waals surface area contributed by atoms with Crippen molar-refractivity contribution < 1.29 is 13.2 Å². The molecule has 0 aliphatic carbocycles. The number of nitrogens with two attached hydrogens (primary N) is 1. The van der Waals surface area contributed by atoms with Gasteiger partial charge in [0.1, 0.15) is 0 Å². The standard InChI is InChI=1S/C10H24N2O3S/c1-15-9-6-10-16(13,14)12-8-5-3-2-4-7-11/h12H,2-11H2,1H3. The van der Waals surface area contributed by atoms with Crippen LogP contribution in [0.1, 0.15) is 32.1 Å². The summed E-state index contributed by atoms with van der Waals surface area (Å²) in [4.78, 5) is 0. The highest BCUT2D eigenvalue weighted by molar-refractivity contribution is 7.89. The molecule has 0 aromatic rings. The SMILES string of the molecule is COCCCS(=O)(=O)NCCCCCCN. The zero-order valence-electron chi connectivity index (χ0n) is 10.1. The van der Waals surface area contributed by atoms with Crippen molar-refractivity contribution in [1.82, 2.24) is 4.72 Å². The molecule has 0 aromatic heterocycles. The Morgan fingerprint density at radius 2 is 1.81 bits per heavy atom. The van der Waals surface area contributed by atoms with Gasteiger partial charge >= 0.3 is 0 Å². The first-order chi connectivity index (χ1) is 7.62. The van der Waals surface area contributed by atoms with Gasteiger partial charge in [-0.15, -0.1) is 0 Å². The van der Waals surface area contributed by atoms with Gasteiger partial charge in [0.2, 0.25) is 10.0 Å². The number of unbranched alkanes of at least 4 members (excludes halogenated alkanes) is 3. The van der Waals surface area contributed by atoms with Crippen molar-refractivity contribution in [2.45, 2.75) is 32.1 Å². The Hall–Kier alpha value is -0.170. The van der Waals surface area contributed by atoms with E-state index in [2.05, 4.69) is 4.72 Å². The van der Waals surface area contributed by atoms with Crippen LogP contribution < -0.4 is 10.5 Å². The van der Waals surface area contributed by atoms with Crippen molar-refractivity contribution in [3.8, 4) is 0 Å². The fourth-order valence-electron chi connectivity index (χ4n) is 1.32. The van der Waals surface area contributed by atoms with E-state index in [4.69, 9.17) is 10.5 Å². The summed E-state index contributed by atoms with van der Waals surface area (Å²) < 4.78 is 30.2. The first-order valence-electron chi connectivity index (χ1n) is 5.78.